The zero-order chi connectivity index (χ0) is 8.97. The molecular weight excluding hydrogens is 146 g/mol. The van der Waals surface area contributed by atoms with Crippen LogP contribution in [0.3, 0.4) is 0 Å². The van der Waals surface area contributed by atoms with Crippen molar-refractivity contribution in [1.29, 1.82) is 0 Å². The van der Waals surface area contributed by atoms with E-state index < -0.39 is 0 Å². The molecule has 0 unspecified atom stereocenters. The van der Waals surface area contributed by atoms with Crippen molar-refractivity contribution >= 4 is 0 Å². The molecule has 0 fully saturated rings. The van der Waals surface area contributed by atoms with E-state index in [9.17, 15) is 0 Å². The molecule has 0 saturated heterocycles. The maximum atomic E-state index is 4.37. The first kappa shape index (κ1) is 9.24. The predicted molar refractivity (Wildman–Crippen MR) is 52.1 cm³/mol. The van der Waals surface area contributed by atoms with Crippen LogP contribution in [0.4, 0.5) is 0 Å². The minimum Gasteiger partial charge on any atom is -0.261 e. The van der Waals surface area contributed by atoms with Gasteiger partial charge >= 0.3 is 0 Å². The predicted octanol–water partition coefficient (Wildman–Crippen LogP) is 3.23. The molecule has 66 valence electrons. The summed E-state index contributed by atoms with van der Waals surface area (Å²) in [6.07, 6.45) is 3.05. The fourth-order valence-corrected chi connectivity index (χ4v) is 1.62. The van der Waals surface area contributed by atoms with Crippen LogP contribution < -0.4 is 0 Å². The zero-order valence-corrected chi connectivity index (χ0v) is 8.12. The number of hydrogen-bond donors (Lipinski definition) is 0. The summed E-state index contributed by atoms with van der Waals surface area (Å²) in [7, 11) is 0. The fourth-order valence-electron chi connectivity index (χ4n) is 1.62. The van der Waals surface area contributed by atoms with E-state index in [-0.39, 0.29) is 0 Å². The summed E-state index contributed by atoms with van der Waals surface area (Å²) in [5, 5.41) is 0. The fraction of sp³-hybridized carbons (Fsp3) is 0.545. The number of hydrogen-bond acceptors (Lipinski definition) is 1. The highest BCUT2D eigenvalue weighted by Gasteiger charge is 2.13. The lowest BCUT2D eigenvalue weighted by Crippen LogP contribution is -2.06. The highest BCUT2D eigenvalue weighted by molar-refractivity contribution is 5.09. The van der Waals surface area contributed by atoms with Crippen molar-refractivity contribution in [1.82, 2.24) is 4.98 Å². The average Bonchev–Trinajstić information content (AvgIpc) is 2.07. The molecule has 1 aromatic heterocycles. The van der Waals surface area contributed by atoms with E-state index in [2.05, 4.69) is 37.9 Å². The van der Waals surface area contributed by atoms with Gasteiger partial charge in [-0.05, 0) is 24.5 Å². The summed E-state index contributed by atoms with van der Waals surface area (Å²) in [6, 6.07) is 6.15. The quantitative estimate of drug-likeness (QED) is 0.666. The maximum Gasteiger partial charge on any atom is 0.0436 e. The largest absolute Gasteiger partial charge is 0.261 e. The molecule has 0 aliphatic rings. The third-order valence-corrected chi connectivity index (χ3v) is 2.31. The molecule has 1 atom stereocenters. The van der Waals surface area contributed by atoms with Gasteiger partial charge < -0.3 is 0 Å². The molecule has 1 heteroatoms. The summed E-state index contributed by atoms with van der Waals surface area (Å²) >= 11 is 0. The lowest BCUT2D eigenvalue weighted by molar-refractivity contribution is 0.475. The Labute approximate surface area is 74.8 Å². The lowest BCUT2D eigenvalue weighted by Gasteiger charge is -2.17. The molecule has 0 saturated carbocycles. The molecule has 1 heterocycles. The SMILES string of the molecule is CC[C@H](c1ccccn1)C(C)C. The van der Waals surface area contributed by atoms with Gasteiger partial charge in [-0.1, -0.05) is 26.8 Å². The molecular formula is C11H17N. The Morgan fingerprint density at radius 1 is 1.33 bits per heavy atom. The summed E-state index contributed by atoms with van der Waals surface area (Å²) in [4.78, 5) is 4.37. The van der Waals surface area contributed by atoms with E-state index in [1.54, 1.807) is 0 Å². The van der Waals surface area contributed by atoms with Gasteiger partial charge in [-0.15, -0.1) is 0 Å². The van der Waals surface area contributed by atoms with Crippen LogP contribution >= 0.6 is 0 Å². The molecule has 1 nitrogen and oxygen atoms in total. The number of nitrogens with zero attached hydrogens (tertiary/aromatic N) is 1. The van der Waals surface area contributed by atoms with Crippen molar-refractivity contribution in [3.8, 4) is 0 Å². The zero-order valence-electron chi connectivity index (χ0n) is 8.12. The Morgan fingerprint density at radius 2 is 2.08 bits per heavy atom. The van der Waals surface area contributed by atoms with Crippen LogP contribution in [-0.2, 0) is 0 Å². The smallest absolute Gasteiger partial charge is 0.0436 e. The molecule has 0 spiro atoms. The first-order valence-electron chi connectivity index (χ1n) is 4.66. The third kappa shape index (κ3) is 2.07. The minimum absolute atomic E-state index is 0.617. The van der Waals surface area contributed by atoms with Crippen LogP contribution in [0.5, 0.6) is 0 Å². The van der Waals surface area contributed by atoms with Gasteiger partial charge in [0.2, 0.25) is 0 Å². The van der Waals surface area contributed by atoms with E-state index in [4.69, 9.17) is 0 Å². The monoisotopic (exact) mass is 163 g/mol. The molecule has 12 heavy (non-hydrogen) atoms. The van der Waals surface area contributed by atoms with Gasteiger partial charge in [0.25, 0.3) is 0 Å². The van der Waals surface area contributed by atoms with Gasteiger partial charge in [0.1, 0.15) is 0 Å². The third-order valence-electron chi connectivity index (χ3n) is 2.31. The number of pyridine rings is 1. The molecule has 1 rings (SSSR count). The Kier molecular flexibility index (Phi) is 3.27. The molecule has 0 amide bonds. The van der Waals surface area contributed by atoms with Gasteiger partial charge in [-0.25, -0.2) is 0 Å². The molecule has 0 radical (unpaired) electrons. The minimum atomic E-state index is 0.617. The van der Waals surface area contributed by atoms with Crippen molar-refractivity contribution in [2.24, 2.45) is 5.92 Å². The van der Waals surface area contributed by atoms with Crippen molar-refractivity contribution < 1.29 is 0 Å². The topological polar surface area (TPSA) is 12.9 Å². The van der Waals surface area contributed by atoms with Crippen molar-refractivity contribution in [2.45, 2.75) is 33.1 Å². The maximum absolute atomic E-state index is 4.37. The summed E-state index contributed by atoms with van der Waals surface area (Å²) in [5.74, 6) is 1.30. The van der Waals surface area contributed by atoms with Gasteiger partial charge in [0, 0.05) is 17.8 Å². The van der Waals surface area contributed by atoms with E-state index in [0.717, 1.165) is 0 Å². The Balaban J connectivity index is 2.80. The average molecular weight is 163 g/mol. The van der Waals surface area contributed by atoms with Crippen molar-refractivity contribution in [3.63, 3.8) is 0 Å². The summed E-state index contributed by atoms with van der Waals surface area (Å²) in [6.45, 7) is 6.73. The lowest BCUT2D eigenvalue weighted by atomic mass is 9.90. The van der Waals surface area contributed by atoms with E-state index in [0.29, 0.717) is 11.8 Å². The van der Waals surface area contributed by atoms with Crippen molar-refractivity contribution in [2.75, 3.05) is 0 Å². The first-order valence-corrected chi connectivity index (χ1v) is 4.66. The Bertz CT molecular complexity index is 216. The normalized spacial score (nSPS) is 13.3. The van der Waals surface area contributed by atoms with Crippen LogP contribution in [0.1, 0.15) is 38.8 Å². The second-order valence-electron chi connectivity index (χ2n) is 3.51. The molecule has 0 aromatic carbocycles. The molecule has 0 N–H and O–H groups in total. The molecule has 1 aromatic rings. The van der Waals surface area contributed by atoms with Gasteiger partial charge in [0.15, 0.2) is 0 Å². The van der Waals surface area contributed by atoms with Crippen LogP contribution in [0.25, 0.3) is 0 Å². The van der Waals surface area contributed by atoms with E-state index in [1.165, 1.54) is 12.1 Å². The van der Waals surface area contributed by atoms with Crippen LogP contribution in [0.2, 0.25) is 0 Å². The van der Waals surface area contributed by atoms with E-state index in [1.807, 2.05) is 12.3 Å². The summed E-state index contributed by atoms with van der Waals surface area (Å²) < 4.78 is 0. The van der Waals surface area contributed by atoms with Gasteiger partial charge in [0.05, 0.1) is 0 Å². The van der Waals surface area contributed by atoms with Crippen LogP contribution in [-0.4, -0.2) is 4.98 Å². The molecule has 0 bridgehead atoms. The first-order chi connectivity index (χ1) is 5.75. The standard InChI is InChI=1S/C11H17N/c1-4-10(9(2)3)11-7-5-6-8-12-11/h5-10H,4H2,1-3H3/t10-/m0/s1. The van der Waals surface area contributed by atoms with Crippen LogP contribution in [0.15, 0.2) is 24.4 Å². The highest BCUT2D eigenvalue weighted by atomic mass is 14.7. The van der Waals surface area contributed by atoms with Crippen molar-refractivity contribution in [3.05, 3.63) is 30.1 Å². The Morgan fingerprint density at radius 3 is 2.50 bits per heavy atom. The molecule has 0 aliphatic heterocycles. The Hall–Kier alpha value is -0.850. The number of aromatic nitrogens is 1. The second-order valence-corrected chi connectivity index (χ2v) is 3.51. The number of rotatable bonds is 3. The van der Waals surface area contributed by atoms with Gasteiger partial charge in [-0.3, -0.25) is 4.98 Å². The molecule has 0 aliphatic carbocycles. The highest BCUT2D eigenvalue weighted by Crippen LogP contribution is 2.25. The van der Waals surface area contributed by atoms with Gasteiger partial charge in [-0.2, -0.15) is 0 Å². The van der Waals surface area contributed by atoms with E-state index >= 15 is 0 Å². The van der Waals surface area contributed by atoms with Crippen LogP contribution in [0, 0.1) is 5.92 Å². The second kappa shape index (κ2) is 4.24. The summed E-state index contributed by atoms with van der Waals surface area (Å²) in [5.41, 5.74) is 1.23.